The van der Waals surface area contributed by atoms with Crippen LogP contribution in [0.5, 0.6) is 0 Å². The molecule has 4 rings (SSSR count). The van der Waals surface area contributed by atoms with Gasteiger partial charge in [0.05, 0.1) is 24.1 Å². The molecule has 0 amide bonds. The third-order valence-corrected chi connectivity index (χ3v) is 6.39. The van der Waals surface area contributed by atoms with Gasteiger partial charge >= 0.3 is 5.97 Å². The number of carbonyl (C=O) groups excluding carboxylic acids is 1. The summed E-state index contributed by atoms with van der Waals surface area (Å²) in [5, 5.41) is 0. The first-order valence-corrected chi connectivity index (χ1v) is 12.4. The predicted molar refractivity (Wildman–Crippen MR) is 124 cm³/mol. The molecule has 1 aliphatic rings. The van der Waals surface area contributed by atoms with Crippen molar-refractivity contribution in [2.24, 2.45) is 0 Å². The maximum absolute atomic E-state index is 11.5. The number of carbonyl (C=O) groups is 1. The van der Waals surface area contributed by atoms with Crippen LogP contribution in [0.4, 0.5) is 0 Å². The second-order valence-corrected chi connectivity index (χ2v) is 8.94. The zero-order valence-corrected chi connectivity index (χ0v) is 19.5. The second kappa shape index (κ2) is 11.0. The van der Waals surface area contributed by atoms with Gasteiger partial charge in [-0.1, -0.05) is 12.1 Å². The topological polar surface area (TPSA) is 82.6 Å². The van der Waals surface area contributed by atoms with E-state index in [1.807, 2.05) is 23.9 Å². The van der Waals surface area contributed by atoms with Gasteiger partial charge in [-0.25, -0.2) is 14.8 Å². The minimum absolute atomic E-state index is 0.229. The second-order valence-electron chi connectivity index (χ2n) is 7.95. The van der Waals surface area contributed by atoms with E-state index < -0.39 is 5.97 Å². The Morgan fingerprint density at radius 2 is 2.09 bits per heavy atom. The predicted octanol–water partition coefficient (Wildman–Crippen LogP) is 3.57. The molecular formula is C23H30N4O4S. The van der Waals surface area contributed by atoms with Crippen molar-refractivity contribution in [1.29, 1.82) is 0 Å². The Bertz CT molecular complexity index is 1030. The molecule has 1 fully saturated rings. The first-order chi connectivity index (χ1) is 15.7. The maximum atomic E-state index is 11.5. The van der Waals surface area contributed by atoms with Crippen LogP contribution in [0, 0.1) is 0 Å². The van der Waals surface area contributed by atoms with Gasteiger partial charge in [0.1, 0.15) is 18.8 Å². The molecule has 0 unspecified atom stereocenters. The van der Waals surface area contributed by atoms with Crippen LogP contribution in [0.3, 0.4) is 0 Å². The van der Waals surface area contributed by atoms with E-state index in [0.29, 0.717) is 12.6 Å². The Morgan fingerprint density at radius 1 is 1.25 bits per heavy atom. The molecule has 8 nitrogen and oxygen atoms in total. The number of esters is 1. The highest BCUT2D eigenvalue weighted by atomic mass is 32.2. The van der Waals surface area contributed by atoms with Crippen LogP contribution in [0.25, 0.3) is 11.0 Å². The molecule has 9 heteroatoms. The number of imidazole rings is 1. The maximum Gasteiger partial charge on any atom is 0.360 e. The number of thioether (sulfide) groups is 1. The largest absolute Gasteiger partial charge is 0.464 e. The van der Waals surface area contributed by atoms with E-state index in [2.05, 4.69) is 37.6 Å². The SMILES string of the molecule is COC(=O)c1coc(C2CN(CCCc3nc4ccccc4n3COCCCSC)C2)n1. The lowest BCUT2D eigenvalue weighted by molar-refractivity contribution is 0.0593. The number of nitrogens with zero attached hydrogens (tertiary/aromatic N) is 4. The molecule has 0 atom stereocenters. The van der Waals surface area contributed by atoms with E-state index in [0.717, 1.165) is 68.1 Å². The zero-order chi connectivity index (χ0) is 22.3. The standard InChI is InChI=1S/C23H30N4O4S/c1-29-23(28)19-15-31-22(25-19)17-13-26(14-17)10-5-9-21-24-18-7-3-4-8-20(18)27(21)16-30-11-6-12-32-2/h3-4,7-8,15,17H,5-6,9-14,16H2,1-2H3. The lowest BCUT2D eigenvalue weighted by atomic mass is 10.00. The fraction of sp³-hybridized carbons (Fsp3) is 0.522. The molecule has 2 aromatic heterocycles. The molecule has 3 aromatic rings. The summed E-state index contributed by atoms with van der Waals surface area (Å²) in [6, 6.07) is 8.24. The van der Waals surface area contributed by atoms with Crippen molar-refractivity contribution in [2.75, 3.05) is 45.4 Å². The lowest BCUT2D eigenvalue weighted by Crippen LogP contribution is -2.45. The molecule has 172 valence electrons. The number of hydrogen-bond donors (Lipinski definition) is 0. The summed E-state index contributed by atoms with van der Waals surface area (Å²) < 4.78 is 18.3. The Hall–Kier alpha value is -2.36. The van der Waals surface area contributed by atoms with Crippen LogP contribution < -0.4 is 0 Å². The molecule has 1 saturated heterocycles. The fourth-order valence-electron chi connectivity index (χ4n) is 3.96. The van der Waals surface area contributed by atoms with Crippen molar-refractivity contribution in [3.05, 3.63) is 47.9 Å². The molecular weight excluding hydrogens is 428 g/mol. The summed E-state index contributed by atoms with van der Waals surface area (Å²) >= 11 is 1.84. The van der Waals surface area contributed by atoms with Gasteiger partial charge in [0.25, 0.3) is 0 Å². The summed E-state index contributed by atoms with van der Waals surface area (Å²) in [4.78, 5) is 23.0. The number of methoxy groups -OCH3 is 1. The molecule has 0 radical (unpaired) electrons. The van der Waals surface area contributed by atoms with E-state index in [-0.39, 0.29) is 11.6 Å². The highest BCUT2D eigenvalue weighted by molar-refractivity contribution is 7.98. The van der Waals surface area contributed by atoms with Gasteiger partial charge in [0.2, 0.25) is 5.89 Å². The van der Waals surface area contributed by atoms with Crippen LogP contribution in [-0.4, -0.2) is 70.8 Å². The molecule has 0 saturated carbocycles. The number of benzene rings is 1. The summed E-state index contributed by atoms with van der Waals surface area (Å²) in [6.07, 6.45) is 6.46. The number of para-hydroxylation sites is 2. The average molecular weight is 459 g/mol. The molecule has 0 bridgehead atoms. The Balaban J connectivity index is 1.27. The lowest BCUT2D eigenvalue weighted by Gasteiger charge is -2.37. The number of aromatic nitrogens is 3. The summed E-state index contributed by atoms with van der Waals surface area (Å²) in [6.45, 7) is 4.06. The van der Waals surface area contributed by atoms with E-state index >= 15 is 0 Å². The molecule has 32 heavy (non-hydrogen) atoms. The molecule has 3 heterocycles. The van der Waals surface area contributed by atoms with Crippen molar-refractivity contribution in [2.45, 2.75) is 31.9 Å². The van der Waals surface area contributed by atoms with Gasteiger partial charge in [-0.3, -0.25) is 0 Å². The van der Waals surface area contributed by atoms with Crippen molar-refractivity contribution in [1.82, 2.24) is 19.4 Å². The Kier molecular flexibility index (Phi) is 7.83. The van der Waals surface area contributed by atoms with E-state index in [1.165, 1.54) is 13.4 Å². The Morgan fingerprint density at radius 3 is 2.91 bits per heavy atom. The van der Waals surface area contributed by atoms with Gasteiger partial charge in [-0.05, 0) is 43.5 Å². The van der Waals surface area contributed by atoms with E-state index in [9.17, 15) is 4.79 Å². The number of oxazole rings is 1. The van der Waals surface area contributed by atoms with Crippen LogP contribution in [0.15, 0.2) is 34.9 Å². The molecule has 0 aliphatic carbocycles. The number of fused-ring (bicyclic) bond motifs is 1. The smallest absolute Gasteiger partial charge is 0.360 e. The van der Waals surface area contributed by atoms with Gasteiger partial charge in [0, 0.05) is 26.1 Å². The van der Waals surface area contributed by atoms with Gasteiger partial charge < -0.3 is 23.4 Å². The minimum atomic E-state index is -0.465. The average Bonchev–Trinajstić information content (AvgIpc) is 3.40. The third kappa shape index (κ3) is 5.33. The van der Waals surface area contributed by atoms with Gasteiger partial charge in [-0.15, -0.1) is 0 Å². The summed E-state index contributed by atoms with van der Waals surface area (Å²) in [5.41, 5.74) is 2.38. The number of hydrogen-bond acceptors (Lipinski definition) is 8. The van der Waals surface area contributed by atoms with Crippen LogP contribution in [0.2, 0.25) is 0 Å². The highest BCUT2D eigenvalue weighted by Crippen LogP contribution is 2.27. The monoisotopic (exact) mass is 458 g/mol. The van der Waals surface area contributed by atoms with Gasteiger partial charge in [0.15, 0.2) is 5.69 Å². The Labute approximate surface area is 192 Å². The first kappa shape index (κ1) is 22.8. The quantitative estimate of drug-likeness (QED) is 0.301. The van der Waals surface area contributed by atoms with E-state index in [1.54, 1.807) is 0 Å². The van der Waals surface area contributed by atoms with Crippen molar-refractivity contribution >= 4 is 28.8 Å². The summed E-state index contributed by atoms with van der Waals surface area (Å²) in [7, 11) is 1.34. The van der Waals surface area contributed by atoms with Crippen molar-refractivity contribution in [3.8, 4) is 0 Å². The molecule has 1 aliphatic heterocycles. The number of likely N-dealkylation sites (tertiary alicyclic amines) is 1. The molecule has 0 spiro atoms. The zero-order valence-electron chi connectivity index (χ0n) is 18.7. The summed E-state index contributed by atoms with van der Waals surface area (Å²) in [5.74, 6) is 2.57. The molecule has 0 N–H and O–H groups in total. The molecule has 1 aromatic carbocycles. The van der Waals surface area contributed by atoms with Gasteiger partial charge in [-0.2, -0.15) is 11.8 Å². The number of aryl methyl sites for hydroxylation is 1. The van der Waals surface area contributed by atoms with Crippen LogP contribution in [0.1, 0.15) is 41.0 Å². The fourth-order valence-corrected chi connectivity index (χ4v) is 4.37. The third-order valence-electron chi connectivity index (χ3n) is 5.69. The van der Waals surface area contributed by atoms with Crippen LogP contribution >= 0.6 is 11.8 Å². The minimum Gasteiger partial charge on any atom is -0.464 e. The normalized spacial score (nSPS) is 14.7. The van der Waals surface area contributed by atoms with Crippen molar-refractivity contribution < 1.29 is 18.7 Å². The number of rotatable bonds is 12. The van der Waals surface area contributed by atoms with Crippen molar-refractivity contribution in [3.63, 3.8) is 0 Å². The highest BCUT2D eigenvalue weighted by Gasteiger charge is 2.32. The number of ether oxygens (including phenoxy) is 2. The van der Waals surface area contributed by atoms with E-state index in [4.69, 9.17) is 14.1 Å². The first-order valence-electron chi connectivity index (χ1n) is 11.0. The van der Waals surface area contributed by atoms with Crippen LogP contribution in [-0.2, 0) is 22.6 Å².